The van der Waals surface area contributed by atoms with Gasteiger partial charge in [0.2, 0.25) is 5.91 Å². The standard InChI is InChI=1S/C11H14ClNO2/c1-3-15-10-7-5-4-6-9(10)13-11(14)8(2)12/h4-8H,3H2,1-2H3,(H,13,14). The smallest absolute Gasteiger partial charge is 0.242 e. The van der Waals surface area contributed by atoms with E-state index in [1.807, 2.05) is 19.1 Å². The molecule has 0 bridgehead atoms. The topological polar surface area (TPSA) is 38.3 Å². The zero-order valence-corrected chi connectivity index (χ0v) is 9.54. The maximum Gasteiger partial charge on any atom is 0.242 e. The van der Waals surface area contributed by atoms with Gasteiger partial charge < -0.3 is 10.1 Å². The Morgan fingerprint density at radius 2 is 2.20 bits per heavy atom. The number of ether oxygens (including phenoxy) is 1. The molecule has 0 radical (unpaired) electrons. The summed E-state index contributed by atoms with van der Waals surface area (Å²) in [4.78, 5) is 11.4. The van der Waals surface area contributed by atoms with Crippen molar-refractivity contribution in [2.45, 2.75) is 19.2 Å². The van der Waals surface area contributed by atoms with E-state index in [9.17, 15) is 4.79 Å². The number of amides is 1. The third-order valence-electron chi connectivity index (χ3n) is 1.81. The number of hydrogen-bond acceptors (Lipinski definition) is 2. The highest BCUT2D eigenvalue weighted by Crippen LogP contribution is 2.23. The third-order valence-corrected chi connectivity index (χ3v) is 2.00. The van der Waals surface area contributed by atoms with Crippen LogP contribution in [-0.4, -0.2) is 17.9 Å². The van der Waals surface area contributed by atoms with E-state index in [4.69, 9.17) is 16.3 Å². The molecule has 0 aromatic heterocycles. The van der Waals surface area contributed by atoms with Gasteiger partial charge in [-0.15, -0.1) is 11.6 Å². The Labute approximate surface area is 94.4 Å². The molecule has 0 aliphatic rings. The zero-order chi connectivity index (χ0) is 11.3. The van der Waals surface area contributed by atoms with Crippen molar-refractivity contribution in [3.63, 3.8) is 0 Å². The van der Waals surface area contributed by atoms with Crippen molar-refractivity contribution in [3.8, 4) is 5.75 Å². The quantitative estimate of drug-likeness (QED) is 0.804. The molecule has 1 aromatic rings. The van der Waals surface area contributed by atoms with Gasteiger partial charge in [-0.1, -0.05) is 12.1 Å². The summed E-state index contributed by atoms with van der Waals surface area (Å²) in [6.07, 6.45) is 0. The van der Waals surface area contributed by atoms with Gasteiger partial charge in [-0.2, -0.15) is 0 Å². The van der Waals surface area contributed by atoms with Crippen LogP contribution in [0.2, 0.25) is 0 Å². The first-order chi connectivity index (χ1) is 7.15. The highest BCUT2D eigenvalue weighted by Gasteiger charge is 2.11. The number of para-hydroxylation sites is 2. The molecular formula is C11H14ClNO2. The van der Waals surface area contributed by atoms with Crippen molar-refractivity contribution in [1.29, 1.82) is 0 Å². The van der Waals surface area contributed by atoms with Crippen LogP contribution in [0.3, 0.4) is 0 Å². The van der Waals surface area contributed by atoms with Crippen molar-refractivity contribution < 1.29 is 9.53 Å². The maximum absolute atomic E-state index is 11.4. The molecule has 1 unspecified atom stereocenters. The van der Waals surface area contributed by atoms with Crippen molar-refractivity contribution >= 4 is 23.2 Å². The molecular weight excluding hydrogens is 214 g/mol. The van der Waals surface area contributed by atoms with E-state index in [2.05, 4.69) is 5.32 Å². The Kier molecular flexibility index (Phi) is 4.43. The van der Waals surface area contributed by atoms with Gasteiger partial charge in [0.05, 0.1) is 12.3 Å². The van der Waals surface area contributed by atoms with E-state index in [1.54, 1.807) is 19.1 Å². The molecule has 0 heterocycles. The Bertz CT molecular complexity index is 339. The number of rotatable bonds is 4. The van der Waals surface area contributed by atoms with Crippen molar-refractivity contribution in [1.82, 2.24) is 0 Å². The number of halogens is 1. The van der Waals surface area contributed by atoms with Crippen LogP contribution in [-0.2, 0) is 4.79 Å². The van der Waals surface area contributed by atoms with Gasteiger partial charge >= 0.3 is 0 Å². The summed E-state index contributed by atoms with van der Waals surface area (Å²) in [6, 6.07) is 7.27. The minimum absolute atomic E-state index is 0.233. The molecule has 3 nitrogen and oxygen atoms in total. The van der Waals surface area contributed by atoms with Crippen molar-refractivity contribution in [3.05, 3.63) is 24.3 Å². The van der Waals surface area contributed by atoms with Crippen LogP contribution in [0, 0.1) is 0 Å². The first-order valence-electron chi connectivity index (χ1n) is 4.82. The third kappa shape index (κ3) is 3.44. The molecule has 0 aliphatic carbocycles. The molecule has 1 N–H and O–H groups in total. The molecule has 4 heteroatoms. The van der Waals surface area contributed by atoms with Crippen molar-refractivity contribution in [2.24, 2.45) is 0 Å². The molecule has 1 amide bonds. The average Bonchev–Trinajstić information content (AvgIpc) is 2.21. The van der Waals surface area contributed by atoms with Gasteiger partial charge in [0.15, 0.2) is 0 Å². The molecule has 0 fully saturated rings. The first-order valence-corrected chi connectivity index (χ1v) is 5.25. The molecule has 1 rings (SSSR count). The molecule has 15 heavy (non-hydrogen) atoms. The number of nitrogens with one attached hydrogen (secondary N) is 1. The summed E-state index contributed by atoms with van der Waals surface area (Å²) >= 11 is 5.65. The van der Waals surface area contributed by atoms with Crippen LogP contribution < -0.4 is 10.1 Å². The molecule has 0 spiro atoms. The average molecular weight is 228 g/mol. The normalized spacial score (nSPS) is 11.9. The molecule has 0 saturated heterocycles. The fraction of sp³-hybridized carbons (Fsp3) is 0.364. The minimum atomic E-state index is -0.556. The van der Waals surface area contributed by atoms with E-state index in [-0.39, 0.29) is 5.91 Å². The summed E-state index contributed by atoms with van der Waals surface area (Å²) in [5.41, 5.74) is 0.650. The predicted molar refractivity (Wildman–Crippen MR) is 61.6 cm³/mol. The van der Waals surface area contributed by atoms with Crippen LogP contribution in [0.25, 0.3) is 0 Å². The van der Waals surface area contributed by atoms with Crippen LogP contribution in [0.5, 0.6) is 5.75 Å². The lowest BCUT2D eigenvalue weighted by atomic mass is 10.3. The van der Waals surface area contributed by atoms with Crippen LogP contribution in [0.4, 0.5) is 5.69 Å². The van der Waals surface area contributed by atoms with Gasteiger partial charge in [-0.3, -0.25) is 4.79 Å². The number of benzene rings is 1. The summed E-state index contributed by atoms with van der Waals surface area (Å²) in [5.74, 6) is 0.425. The molecule has 1 atom stereocenters. The number of carbonyl (C=O) groups is 1. The Hall–Kier alpha value is -1.22. The Balaban J connectivity index is 2.79. The fourth-order valence-corrected chi connectivity index (χ4v) is 1.14. The predicted octanol–water partition coefficient (Wildman–Crippen LogP) is 2.65. The van der Waals surface area contributed by atoms with E-state index < -0.39 is 5.38 Å². The summed E-state index contributed by atoms with van der Waals surface area (Å²) in [5, 5.41) is 2.14. The van der Waals surface area contributed by atoms with Gasteiger partial charge in [-0.05, 0) is 26.0 Å². The molecule has 0 aliphatic heterocycles. The van der Waals surface area contributed by atoms with Gasteiger partial charge in [-0.25, -0.2) is 0 Å². The lowest BCUT2D eigenvalue weighted by Gasteiger charge is -2.11. The van der Waals surface area contributed by atoms with Crippen molar-refractivity contribution in [2.75, 3.05) is 11.9 Å². The molecule has 82 valence electrons. The van der Waals surface area contributed by atoms with Crippen LogP contribution >= 0.6 is 11.6 Å². The largest absolute Gasteiger partial charge is 0.492 e. The summed E-state index contributed by atoms with van der Waals surface area (Å²) < 4.78 is 5.36. The second kappa shape index (κ2) is 5.61. The van der Waals surface area contributed by atoms with E-state index in [0.29, 0.717) is 18.0 Å². The number of alkyl halides is 1. The zero-order valence-electron chi connectivity index (χ0n) is 8.79. The second-order valence-electron chi connectivity index (χ2n) is 3.03. The molecule has 0 saturated carbocycles. The minimum Gasteiger partial charge on any atom is -0.492 e. The van der Waals surface area contributed by atoms with Crippen LogP contribution in [0.15, 0.2) is 24.3 Å². The summed E-state index contributed by atoms with van der Waals surface area (Å²) in [7, 11) is 0. The van der Waals surface area contributed by atoms with Gasteiger partial charge in [0.25, 0.3) is 0 Å². The highest BCUT2D eigenvalue weighted by molar-refractivity contribution is 6.32. The SMILES string of the molecule is CCOc1ccccc1NC(=O)C(C)Cl. The van der Waals surface area contributed by atoms with E-state index >= 15 is 0 Å². The lowest BCUT2D eigenvalue weighted by molar-refractivity contribution is -0.115. The Morgan fingerprint density at radius 1 is 1.53 bits per heavy atom. The second-order valence-corrected chi connectivity index (χ2v) is 3.69. The number of carbonyl (C=O) groups excluding carboxylic acids is 1. The lowest BCUT2D eigenvalue weighted by Crippen LogP contribution is -2.20. The maximum atomic E-state index is 11.4. The highest BCUT2D eigenvalue weighted by atomic mass is 35.5. The van der Waals surface area contributed by atoms with Gasteiger partial charge in [0.1, 0.15) is 11.1 Å². The molecule has 1 aromatic carbocycles. The first kappa shape index (κ1) is 11.9. The number of hydrogen-bond donors (Lipinski definition) is 1. The van der Waals surface area contributed by atoms with E-state index in [0.717, 1.165) is 0 Å². The van der Waals surface area contributed by atoms with E-state index in [1.165, 1.54) is 0 Å². The van der Waals surface area contributed by atoms with Crippen LogP contribution in [0.1, 0.15) is 13.8 Å². The number of anilines is 1. The fourth-order valence-electron chi connectivity index (χ4n) is 1.08. The van der Waals surface area contributed by atoms with Gasteiger partial charge in [0, 0.05) is 0 Å². The monoisotopic (exact) mass is 227 g/mol. The Morgan fingerprint density at radius 3 is 2.80 bits per heavy atom. The summed E-state index contributed by atoms with van der Waals surface area (Å²) in [6.45, 7) is 4.08.